The number of rotatable bonds is 6. The standard InChI is InChI=1S/C15H31NO5Si/c1-14(2,3)20-13(19)16-10-11(9-12(17)18)21-22(7,8)15(4,5)6/h11H,9-10H2,1-8H3,(H,16,19)(H,17,18). The van der Waals surface area contributed by atoms with E-state index in [4.69, 9.17) is 14.3 Å². The van der Waals surface area contributed by atoms with E-state index in [2.05, 4.69) is 39.2 Å². The fraction of sp³-hybridized carbons (Fsp3) is 0.867. The van der Waals surface area contributed by atoms with Gasteiger partial charge < -0.3 is 19.6 Å². The monoisotopic (exact) mass is 333 g/mol. The number of aliphatic carboxylic acids is 1. The van der Waals surface area contributed by atoms with Crippen molar-refractivity contribution in [3.05, 3.63) is 0 Å². The molecular weight excluding hydrogens is 302 g/mol. The van der Waals surface area contributed by atoms with Crippen LogP contribution in [0.15, 0.2) is 0 Å². The summed E-state index contributed by atoms with van der Waals surface area (Å²) in [6.45, 7) is 15.8. The van der Waals surface area contributed by atoms with Crippen LogP contribution in [-0.2, 0) is 14.0 Å². The molecule has 22 heavy (non-hydrogen) atoms. The first kappa shape index (κ1) is 20.9. The molecule has 0 spiro atoms. The van der Waals surface area contributed by atoms with Crippen LogP contribution in [0.2, 0.25) is 18.1 Å². The Bertz CT molecular complexity index is 396. The van der Waals surface area contributed by atoms with Gasteiger partial charge in [-0.15, -0.1) is 0 Å². The number of alkyl carbamates (subject to hydrolysis) is 1. The maximum atomic E-state index is 11.7. The van der Waals surface area contributed by atoms with Gasteiger partial charge in [-0.05, 0) is 38.9 Å². The Balaban J connectivity index is 4.74. The highest BCUT2D eigenvalue weighted by Gasteiger charge is 2.39. The third-order valence-electron chi connectivity index (χ3n) is 3.54. The van der Waals surface area contributed by atoms with Gasteiger partial charge in [-0.1, -0.05) is 20.8 Å². The van der Waals surface area contributed by atoms with Crippen LogP contribution < -0.4 is 5.32 Å². The minimum atomic E-state index is -2.11. The largest absolute Gasteiger partial charge is 0.481 e. The third kappa shape index (κ3) is 8.38. The predicted octanol–water partition coefficient (Wildman–Crippen LogP) is 3.38. The molecule has 130 valence electrons. The molecule has 0 heterocycles. The van der Waals surface area contributed by atoms with Crippen LogP contribution >= 0.6 is 0 Å². The summed E-state index contributed by atoms with van der Waals surface area (Å²) in [6.07, 6.45) is -1.28. The lowest BCUT2D eigenvalue weighted by molar-refractivity contribution is -0.138. The molecule has 0 saturated carbocycles. The molecular formula is C15H31NO5Si. The van der Waals surface area contributed by atoms with Gasteiger partial charge in [0.2, 0.25) is 0 Å². The Hall–Kier alpha value is -1.08. The van der Waals surface area contributed by atoms with Gasteiger partial charge in [-0.2, -0.15) is 0 Å². The Kier molecular flexibility index (Phi) is 7.09. The molecule has 1 atom stereocenters. The van der Waals surface area contributed by atoms with Crippen molar-refractivity contribution in [2.45, 2.75) is 77.8 Å². The SMILES string of the molecule is CC(C)(C)OC(=O)NCC(CC(=O)O)O[Si](C)(C)C(C)(C)C. The van der Waals surface area contributed by atoms with Gasteiger partial charge in [0.1, 0.15) is 5.60 Å². The maximum Gasteiger partial charge on any atom is 0.407 e. The van der Waals surface area contributed by atoms with E-state index in [-0.39, 0.29) is 18.0 Å². The van der Waals surface area contributed by atoms with Gasteiger partial charge in [0.25, 0.3) is 0 Å². The Labute approximate surface area is 134 Å². The van der Waals surface area contributed by atoms with Crippen LogP contribution in [-0.4, -0.2) is 43.7 Å². The van der Waals surface area contributed by atoms with E-state index in [1.165, 1.54) is 0 Å². The van der Waals surface area contributed by atoms with E-state index in [9.17, 15) is 9.59 Å². The lowest BCUT2D eigenvalue weighted by Gasteiger charge is -2.39. The molecule has 0 bridgehead atoms. The second-order valence-electron chi connectivity index (χ2n) is 7.98. The van der Waals surface area contributed by atoms with Crippen molar-refractivity contribution < 1.29 is 23.9 Å². The zero-order valence-corrected chi connectivity index (χ0v) is 16.1. The first-order chi connectivity index (χ1) is 9.64. The topological polar surface area (TPSA) is 84.9 Å². The molecule has 0 rings (SSSR count). The Morgan fingerprint density at radius 3 is 2.00 bits per heavy atom. The van der Waals surface area contributed by atoms with Crippen molar-refractivity contribution in [2.24, 2.45) is 0 Å². The quantitative estimate of drug-likeness (QED) is 0.728. The summed E-state index contributed by atoms with van der Waals surface area (Å²) in [5.41, 5.74) is -0.591. The number of nitrogens with one attached hydrogen (secondary N) is 1. The van der Waals surface area contributed by atoms with Crippen LogP contribution in [0.1, 0.15) is 48.0 Å². The van der Waals surface area contributed by atoms with Crippen molar-refractivity contribution in [2.75, 3.05) is 6.54 Å². The van der Waals surface area contributed by atoms with Crippen molar-refractivity contribution in [3.63, 3.8) is 0 Å². The van der Waals surface area contributed by atoms with E-state index in [0.29, 0.717) is 0 Å². The predicted molar refractivity (Wildman–Crippen MR) is 88.6 cm³/mol. The average Bonchev–Trinajstić information content (AvgIpc) is 2.20. The van der Waals surface area contributed by atoms with Gasteiger partial charge in [-0.3, -0.25) is 4.79 Å². The Morgan fingerprint density at radius 2 is 1.64 bits per heavy atom. The minimum Gasteiger partial charge on any atom is -0.481 e. The molecule has 0 radical (unpaired) electrons. The molecule has 6 nitrogen and oxygen atoms in total. The first-order valence-corrected chi connectivity index (χ1v) is 10.4. The van der Waals surface area contributed by atoms with E-state index in [1.54, 1.807) is 20.8 Å². The van der Waals surface area contributed by atoms with E-state index in [1.807, 2.05) is 0 Å². The maximum absolute atomic E-state index is 11.7. The van der Waals surface area contributed by atoms with Crippen molar-refractivity contribution in [1.82, 2.24) is 5.32 Å². The number of hydrogen-bond acceptors (Lipinski definition) is 4. The van der Waals surface area contributed by atoms with Crippen LogP contribution in [0, 0.1) is 0 Å². The number of ether oxygens (including phenoxy) is 1. The van der Waals surface area contributed by atoms with Gasteiger partial charge in [-0.25, -0.2) is 4.79 Å². The summed E-state index contributed by atoms with van der Waals surface area (Å²) < 4.78 is 11.2. The van der Waals surface area contributed by atoms with E-state index >= 15 is 0 Å². The second kappa shape index (κ2) is 7.46. The van der Waals surface area contributed by atoms with Crippen molar-refractivity contribution in [3.8, 4) is 0 Å². The van der Waals surface area contributed by atoms with E-state index in [0.717, 1.165) is 0 Å². The fourth-order valence-corrected chi connectivity index (χ4v) is 2.81. The van der Waals surface area contributed by atoms with Gasteiger partial charge in [0.05, 0.1) is 12.5 Å². The molecule has 0 aliphatic carbocycles. The third-order valence-corrected chi connectivity index (χ3v) is 8.08. The first-order valence-electron chi connectivity index (χ1n) is 7.50. The van der Waals surface area contributed by atoms with Crippen LogP contribution in [0.5, 0.6) is 0 Å². The normalized spacial score (nSPS) is 14.4. The van der Waals surface area contributed by atoms with Crippen LogP contribution in [0.25, 0.3) is 0 Å². The van der Waals surface area contributed by atoms with Crippen LogP contribution in [0.3, 0.4) is 0 Å². The highest BCUT2D eigenvalue weighted by Crippen LogP contribution is 2.37. The summed E-state index contributed by atoms with van der Waals surface area (Å²) in [5.74, 6) is -0.949. The van der Waals surface area contributed by atoms with Crippen LogP contribution in [0.4, 0.5) is 4.79 Å². The molecule has 0 aromatic carbocycles. The molecule has 0 aliphatic rings. The highest BCUT2D eigenvalue weighted by atomic mass is 28.4. The van der Waals surface area contributed by atoms with Gasteiger partial charge in [0.15, 0.2) is 8.32 Å². The van der Waals surface area contributed by atoms with Crippen molar-refractivity contribution in [1.29, 1.82) is 0 Å². The van der Waals surface area contributed by atoms with Crippen molar-refractivity contribution >= 4 is 20.4 Å². The lowest BCUT2D eigenvalue weighted by Crippen LogP contribution is -2.48. The molecule has 0 aromatic rings. The zero-order valence-electron chi connectivity index (χ0n) is 15.1. The number of hydrogen-bond donors (Lipinski definition) is 2. The number of amides is 1. The molecule has 0 aromatic heterocycles. The molecule has 1 amide bonds. The van der Waals surface area contributed by atoms with Gasteiger partial charge in [0, 0.05) is 6.54 Å². The number of carbonyl (C=O) groups excluding carboxylic acids is 1. The molecule has 2 N–H and O–H groups in total. The highest BCUT2D eigenvalue weighted by molar-refractivity contribution is 6.74. The summed E-state index contributed by atoms with van der Waals surface area (Å²) in [4.78, 5) is 22.7. The molecule has 1 unspecified atom stereocenters. The number of carboxylic acid groups (broad SMARTS) is 1. The minimum absolute atomic E-state index is 0.0321. The molecule has 0 aliphatic heterocycles. The fourth-order valence-electron chi connectivity index (χ4n) is 1.46. The lowest BCUT2D eigenvalue weighted by atomic mass is 10.2. The molecule has 7 heteroatoms. The molecule has 0 saturated heterocycles. The summed E-state index contributed by atoms with van der Waals surface area (Å²) in [7, 11) is -2.11. The Morgan fingerprint density at radius 1 is 1.14 bits per heavy atom. The number of carbonyl (C=O) groups is 2. The summed E-state index contributed by atoms with van der Waals surface area (Å²) in [6, 6.07) is 0. The second-order valence-corrected chi connectivity index (χ2v) is 12.7. The van der Waals surface area contributed by atoms with Gasteiger partial charge >= 0.3 is 12.1 Å². The number of carboxylic acids is 1. The summed E-state index contributed by atoms with van der Waals surface area (Å²) in [5, 5.41) is 11.6. The van der Waals surface area contributed by atoms with E-state index < -0.39 is 32.1 Å². The summed E-state index contributed by atoms with van der Waals surface area (Å²) >= 11 is 0. The smallest absolute Gasteiger partial charge is 0.407 e. The molecule has 0 fully saturated rings. The average molecular weight is 334 g/mol. The zero-order chi connectivity index (χ0) is 17.8.